The number of rotatable bonds is 3. The van der Waals surface area contributed by atoms with Gasteiger partial charge in [0.15, 0.2) is 5.82 Å². The highest BCUT2D eigenvalue weighted by Crippen LogP contribution is 2.49. The maximum Gasteiger partial charge on any atom is 0.241 e. The van der Waals surface area contributed by atoms with Crippen molar-refractivity contribution in [2.75, 3.05) is 4.90 Å². The molecule has 0 saturated carbocycles. The number of carbonyl (C=O) groups excluding carboxylic acids is 2. The number of hydrogen-bond donors (Lipinski definition) is 0. The van der Waals surface area contributed by atoms with Gasteiger partial charge in [0.25, 0.3) is 0 Å². The molecular formula is C18H15BrClN3O3. The van der Waals surface area contributed by atoms with Gasteiger partial charge in [-0.1, -0.05) is 29.8 Å². The van der Waals surface area contributed by atoms with Crippen LogP contribution in [0.15, 0.2) is 34.9 Å². The van der Waals surface area contributed by atoms with Crippen molar-refractivity contribution in [3.8, 4) is 0 Å². The van der Waals surface area contributed by atoms with Gasteiger partial charge < -0.3 is 4.74 Å². The molecule has 0 spiro atoms. The zero-order valence-electron chi connectivity index (χ0n) is 13.6. The summed E-state index contributed by atoms with van der Waals surface area (Å²) in [5, 5.41) is 5.13. The fourth-order valence-corrected chi connectivity index (χ4v) is 5.03. The quantitative estimate of drug-likeness (QED) is 0.694. The summed E-state index contributed by atoms with van der Waals surface area (Å²) in [4.78, 5) is 27.0. The van der Waals surface area contributed by atoms with Gasteiger partial charge in [0, 0.05) is 11.2 Å². The van der Waals surface area contributed by atoms with Crippen LogP contribution in [0.3, 0.4) is 0 Å². The van der Waals surface area contributed by atoms with Gasteiger partial charge in [-0.25, -0.2) is 4.90 Å². The Morgan fingerprint density at radius 2 is 1.81 bits per heavy atom. The van der Waals surface area contributed by atoms with E-state index in [1.165, 1.54) is 4.90 Å². The van der Waals surface area contributed by atoms with Crippen LogP contribution in [0.5, 0.6) is 0 Å². The first-order valence-electron chi connectivity index (χ1n) is 8.54. The molecule has 0 aliphatic carbocycles. The summed E-state index contributed by atoms with van der Waals surface area (Å²) in [5.41, 5.74) is 0.915. The Labute approximate surface area is 163 Å². The summed E-state index contributed by atoms with van der Waals surface area (Å²) in [6, 6.07) is 7.52. The number of halogens is 2. The Morgan fingerprint density at radius 1 is 1.15 bits per heavy atom. The largest absolute Gasteiger partial charge is 0.373 e. The summed E-state index contributed by atoms with van der Waals surface area (Å²) >= 11 is 9.66. The summed E-state index contributed by atoms with van der Waals surface area (Å²) in [6.07, 6.45) is 3.20. The highest BCUT2D eigenvalue weighted by molar-refractivity contribution is 9.10. The first kappa shape index (κ1) is 16.5. The second-order valence-corrected chi connectivity index (χ2v) is 8.20. The van der Waals surface area contributed by atoms with Crippen LogP contribution in [-0.4, -0.2) is 33.8 Å². The number of aromatic nitrogens is 2. The molecule has 3 aliphatic rings. The van der Waals surface area contributed by atoms with Crippen molar-refractivity contribution in [1.82, 2.24) is 9.78 Å². The Morgan fingerprint density at radius 3 is 2.46 bits per heavy atom. The molecule has 4 heterocycles. The van der Waals surface area contributed by atoms with Crippen molar-refractivity contribution in [1.29, 1.82) is 0 Å². The molecule has 3 saturated heterocycles. The molecular weight excluding hydrogens is 422 g/mol. The van der Waals surface area contributed by atoms with E-state index in [4.69, 9.17) is 16.3 Å². The van der Waals surface area contributed by atoms with Crippen LogP contribution in [0.1, 0.15) is 18.4 Å². The summed E-state index contributed by atoms with van der Waals surface area (Å²) < 4.78 is 8.06. The normalized spacial score (nSPS) is 29.7. The number of anilines is 1. The molecule has 26 heavy (non-hydrogen) atoms. The van der Waals surface area contributed by atoms with Gasteiger partial charge in [-0.15, -0.1) is 0 Å². The van der Waals surface area contributed by atoms with Gasteiger partial charge >= 0.3 is 0 Å². The lowest BCUT2D eigenvalue weighted by Gasteiger charge is -2.15. The number of hydrogen-bond acceptors (Lipinski definition) is 4. The molecule has 1 aromatic carbocycles. The molecule has 3 fully saturated rings. The van der Waals surface area contributed by atoms with Gasteiger partial charge in [-0.2, -0.15) is 5.10 Å². The van der Waals surface area contributed by atoms with E-state index in [1.807, 2.05) is 24.3 Å². The van der Waals surface area contributed by atoms with Crippen LogP contribution >= 0.6 is 27.5 Å². The molecule has 2 amide bonds. The van der Waals surface area contributed by atoms with E-state index in [1.54, 1.807) is 10.9 Å². The lowest BCUT2D eigenvalue weighted by Crippen LogP contribution is -2.34. The predicted octanol–water partition coefficient (Wildman–Crippen LogP) is 3.01. The molecule has 1 aromatic heterocycles. The van der Waals surface area contributed by atoms with E-state index in [0.29, 0.717) is 21.9 Å². The van der Waals surface area contributed by atoms with Crippen LogP contribution in [0.25, 0.3) is 0 Å². The topological polar surface area (TPSA) is 64.4 Å². The second kappa shape index (κ2) is 5.90. The average molecular weight is 437 g/mol. The van der Waals surface area contributed by atoms with Crippen LogP contribution in [0.2, 0.25) is 5.02 Å². The zero-order chi connectivity index (χ0) is 18.0. The molecule has 0 unspecified atom stereocenters. The first-order valence-corrected chi connectivity index (χ1v) is 9.71. The van der Waals surface area contributed by atoms with E-state index in [0.717, 1.165) is 18.4 Å². The smallest absolute Gasteiger partial charge is 0.241 e. The summed E-state index contributed by atoms with van der Waals surface area (Å²) in [7, 11) is 0. The number of amides is 2. The molecule has 0 N–H and O–H groups in total. The number of carbonyl (C=O) groups is 2. The minimum Gasteiger partial charge on any atom is -0.373 e. The SMILES string of the molecule is O=C1[C@H]2[C@H](C(=O)N1c1nn(Cc3ccccc3Cl)cc1Br)[C@H]1CC[C@H]2O1. The van der Waals surface area contributed by atoms with Gasteiger partial charge in [-0.05, 0) is 40.4 Å². The fraction of sp³-hybridized carbons (Fsp3) is 0.389. The first-order chi connectivity index (χ1) is 12.5. The third-order valence-corrected chi connectivity index (χ3v) is 6.41. The summed E-state index contributed by atoms with van der Waals surface area (Å²) in [6.45, 7) is 0.454. The van der Waals surface area contributed by atoms with E-state index in [-0.39, 0.29) is 35.9 Å². The van der Waals surface area contributed by atoms with E-state index in [2.05, 4.69) is 21.0 Å². The maximum absolute atomic E-state index is 12.9. The Bertz CT molecular complexity index is 902. The van der Waals surface area contributed by atoms with Crippen molar-refractivity contribution in [2.24, 2.45) is 11.8 Å². The van der Waals surface area contributed by atoms with Crippen molar-refractivity contribution in [2.45, 2.75) is 31.6 Å². The number of benzene rings is 1. The second-order valence-electron chi connectivity index (χ2n) is 6.94. The molecule has 3 aliphatic heterocycles. The van der Waals surface area contributed by atoms with Crippen LogP contribution in [-0.2, 0) is 20.9 Å². The van der Waals surface area contributed by atoms with Crippen molar-refractivity contribution >= 4 is 45.2 Å². The lowest BCUT2D eigenvalue weighted by atomic mass is 9.81. The average Bonchev–Trinajstić information content (AvgIpc) is 3.35. The van der Waals surface area contributed by atoms with E-state index >= 15 is 0 Å². The molecule has 134 valence electrons. The summed E-state index contributed by atoms with van der Waals surface area (Å²) in [5.74, 6) is -0.767. The van der Waals surface area contributed by atoms with E-state index < -0.39 is 0 Å². The number of imide groups is 1. The maximum atomic E-state index is 12.9. The van der Waals surface area contributed by atoms with Crippen LogP contribution in [0, 0.1) is 11.8 Å². The van der Waals surface area contributed by atoms with Gasteiger partial charge in [0.1, 0.15) is 0 Å². The molecule has 6 nitrogen and oxygen atoms in total. The van der Waals surface area contributed by atoms with Crippen molar-refractivity contribution in [3.05, 3.63) is 45.5 Å². The number of ether oxygens (including phenoxy) is 1. The van der Waals surface area contributed by atoms with Crippen molar-refractivity contribution in [3.63, 3.8) is 0 Å². The van der Waals surface area contributed by atoms with Crippen LogP contribution < -0.4 is 4.90 Å². The third-order valence-electron chi connectivity index (χ3n) is 5.49. The zero-order valence-corrected chi connectivity index (χ0v) is 16.0. The van der Waals surface area contributed by atoms with Gasteiger partial charge in [0.05, 0.1) is 35.1 Å². The van der Waals surface area contributed by atoms with Crippen molar-refractivity contribution < 1.29 is 14.3 Å². The Balaban J connectivity index is 1.46. The predicted molar refractivity (Wildman–Crippen MR) is 97.8 cm³/mol. The lowest BCUT2D eigenvalue weighted by molar-refractivity contribution is -0.124. The molecule has 5 rings (SSSR count). The minimum absolute atomic E-state index is 0.129. The molecule has 0 radical (unpaired) electrons. The minimum atomic E-state index is -0.359. The molecule has 2 bridgehead atoms. The number of nitrogens with zero attached hydrogens (tertiary/aromatic N) is 3. The van der Waals surface area contributed by atoms with E-state index in [9.17, 15) is 9.59 Å². The highest BCUT2D eigenvalue weighted by atomic mass is 79.9. The number of fused-ring (bicyclic) bond motifs is 5. The fourth-order valence-electron chi connectivity index (χ4n) is 4.34. The third kappa shape index (κ3) is 2.30. The van der Waals surface area contributed by atoms with Crippen LogP contribution in [0.4, 0.5) is 5.82 Å². The standard InChI is InChI=1S/C18H15BrClN3O3/c19-10-8-22(7-9-3-1-2-4-11(9)20)21-16(10)23-17(24)14-12-5-6-13(26-12)15(14)18(23)25/h1-4,8,12-15H,5-7H2/t12-,13-,14-,15-/m1/s1. The molecule has 2 aromatic rings. The highest BCUT2D eigenvalue weighted by Gasteiger charge is 2.63. The Hall–Kier alpha value is -1.70. The van der Waals surface area contributed by atoms with Gasteiger partial charge in [0.2, 0.25) is 11.8 Å². The molecule has 8 heteroatoms. The Kier molecular flexibility index (Phi) is 3.74. The monoisotopic (exact) mass is 435 g/mol. The van der Waals surface area contributed by atoms with Gasteiger partial charge in [-0.3, -0.25) is 14.3 Å². The molecule has 4 atom stereocenters.